The fourth-order valence-corrected chi connectivity index (χ4v) is 2.60. The molecule has 92 valence electrons. The maximum atomic E-state index is 5.83. The van der Waals surface area contributed by atoms with E-state index in [0.29, 0.717) is 12.2 Å². The summed E-state index contributed by atoms with van der Waals surface area (Å²) < 4.78 is 5.83. The SMILES string of the molecule is CCNc1cc(N2CC3CCC(C2)O3)ncn1. The molecule has 1 N–H and O–H groups in total. The van der Waals surface area contributed by atoms with Gasteiger partial charge in [0.15, 0.2) is 0 Å². The first-order valence-corrected chi connectivity index (χ1v) is 6.31. The number of ether oxygens (including phenoxy) is 1. The molecule has 0 amide bonds. The first-order valence-electron chi connectivity index (χ1n) is 6.31. The van der Waals surface area contributed by atoms with E-state index in [2.05, 4.69) is 27.1 Å². The molecule has 0 aromatic carbocycles. The molecule has 2 unspecified atom stereocenters. The highest BCUT2D eigenvalue weighted by Gasteiger charge is 2.34. The largest absolute Gasteiger partial charge is 0.371 e. The van der Waals surface area contributed by atoms with Crippen molar-refractivity contribution in [1.29, 1.82) is 0 Å². The zero-order valence-corrected chi connectivity index (χ0v) is 10.1. The molecule has 3 heterocycles. The fourth-order valence-electron chi connectivity index (χ4n) is 2.60. The number of nitrogens with one attached hydrogen (secondary N) is 1. The van der Waals surface area contributed by atoms with Crippen molar-refractivity contribution in [2.45, 2.75) is 32.0 Å². The van der Waals surface area contributed by atoms with Crippen LogP contribution in [0.25, 0.3) is 0 Å². The number of rotatable bonds is 3. The quantitative estimate of drug-likeness (QED) is 0.853. The average molecular weight is 234 g/mol. The van der Waals surface area contributed by atoms with Crippen LogP contribution >= 0.6 is 0 Å². The summed E-state index contributed by atoms with van der Waals surface area (Å²) >= 11 is 0. The van der Waals surface area contributed by atoms with Gasteiger partial charge in [0, 0.05) is 25.7 Å². The Labute approximate surface area is 101 Å². The Kier molecular flexibility index (Phi) is 2.84. The summed E-state index contributed by atoms with van der Waals surface area (Å²) in [5.41, 5.74) is 0. The summed E-state index contributed by atoms with van der Waals surface area (Å²) in [7, 11) is 0. The highest BCUT2D eigenvalue weighted by molar-refractivity contribution is 5.49. The van der Waals surface area contributed by atoms with E-state index in [1.165, 1.54) is 12.8 Å². The van der Waals surface area contributed by atoms with Crippen LogP contribution in [0.4, 0.5) is 11.6 Å². The van der Waals surface area contributed by atoms with E-state index >= 15 is 0 Å². The standard InChI is InChI=1S/C12H18N4O/c1-2-13-11-5-12(15-8-14-11)16-6-9-3-4-10(7-16)17-9/h5,8-10H,2-4,6-7H2,1H3,(H,13,14,15). The molecule has 2 aliphatic heterocycles. The smallest absolute Gasteiger partial charge is 0.134 e. The van der Waals surface area contributed by atoms with Crippen molar-refractivity contribution in [2.24, 2.45) is 0 Å². The minimum absolute atomic E-state index is 0.395. The molecule has 5 nitrogen and oxygen atoms in total. The molecule has 0 spiro atoms. The molecule has 3 rings (SSSR count). The predicted octanol–water partition coefficient (Wildman–Crippen LogP) is 1.28. The van der Waals surface area contributed by atoms with E-state index in [-0.39, 0.29) is 0 Å². The Hall–Kier alpha value is -1.36. The summed E-state index contributed by atoms with van der Waals surface area (Å²) in [6.07, 6.45) is 4.79. The summed E-state index contributed by atoms with van der Waals surface area (Å²) in [6.45, 7) is 4.86. The van der Waals surface area contributed by atoms with Crippen LogP contribution in [0, 0.1) is 0 Å². The van der Waals surface area contributed by atoms with Gasteiger partial charge in [0.25, 0.3) is 0 Å². The van der Waals surface area contributed by atoms with E-state index < -0.39 is 0 Å². The first kappa shape index (κ1) is 10.8. The van der Waals surface area contributed by atoms with Gasteiger partial charge in [-0.1, -0.05) is 0 Å². The van der Waals surface area contributed by atoms with E-state index in [9.17, 15) is 0 Å². The molecule has 1 aromatic rings. The Morgan fingerprint density at radius 3 is 2.82 bits per heavy atom. The predicted molar refractivity (Wildman–Crippen MR) is 66.3 cm³/mol. The Morgan fingerprint density at radius 1 is 1.35 bits per heavy atom. The van der Waals surface area contributed by atoms with Gasteiger partial charge in [0.1, 0.15) is 18.0 Å². The summed E-state index contributed by atoms with van der Waals surface area (Å²) in [5, 5.41) is 3.22. The van der Waals surface area contributed by atoms with Gasteiger partial charge >= 0.3 is 0 Å². The van der Waals surface area contributed by atoms with Crippen LogP contribution in [0.15, 0.2) is 12.4 Å². The van der Waals surface area contributed by atoms with Crippen molar-refractivity contribution >= 4 is 11.6 Å². The minimum atomic E-state index is 0.395. The topological polar surface area (TPSA) is 50.3 Å². The van der Waals surface area contributed by atoms with E-state index in [1.54, 1.807) is 6.33 Å². The normalized spacial score (nSPS) is 27.2. The van der Waals surface area contributed by atoms with Crippen LogP contribution in [0.2, 0.25) is 0 Å². The monoisotopic (exact) mass is 234 g/mol. The number of hydrogen-bond acceptors (Lipinski definition) is 5. The highest BCUT2D eigenvalue weighted by Crippen LogP contribution is 2.29. The molecule has 0 radical (unpaired) electrons. The van der Waals surface area contributed by atoms with E-state index in [1.807, 2.05) is 6.07 Å². The molecule has 17 heavy (non-hydrogen) atoms. The van der Waals surface area contributed by atoms with Crippen molar-refractivity contribution in [3.8, 4) is 0 Å². The maximum absolute atomic E-state index is 5.83. The summed E-state index contributed by atoms with van der Waals surface area (Å²) in [5.74, 6) is 1.91. The second-order valence-electron chi connectivity index (χ2n) is 4.65. The lowest BCUT2D eigenvalue weighted by atomic mass is 10.2. The van der Waals surface area contributed by atoms with Crippen LogP contribution in [-0.2, 0) is 4.74 Å². The van der Waals surface area contributed by atoms with Crippen LogP contribution in [0.1, 0.15) is 19.8 Å². The van der Waals surface area contributed by atoms with Gasteiger partial charge < -0.3 is 15.0 Å². The minimum Gasteiger partial charge on any atom is -0.371 e. The van der Waals surface area contributed by atoms with Gasteiger partial charge in [-0.25, -0.2) is 9.97 Å². The van der Waals surface area contributed by atoms with Crippen molar-refractivity contribution in [1.82, 2.24) is 9.97 Å². The number of nitrogens with zero attached hydrogens (tertiary/aromatic N) is 3. The third kappa shape index (κ3) is 2.20. The maximum Gasteiger partial charge on any atom is 0.134 e. The van der Waals surface area contributed by atoms with Gasteiger partial charge in [-0.3, -0.25) is 0 Å². The summed E-state index contributed by atoms with van der Waals surface area (Å²) in [6, 6.07) is 2.02. The highest BCUT2D eigenvalue weighted by atomic mass is 16.5. The van der Waals surface area contributed by atoms with Crippen molar-refractivity contribution in [2.75, 3.05) is 29.9 Å². The van der Waals surface area contributed by atoms with Gasteiger partial charge in [0.2, 0.25) is 0 Å². The Balaban J connectivity index is 1.77. The number of anilines is 2. The second kappa shape index (κ2) is 4.49. The first-order chi connectivity index (χ1) is 8.35. The zero-order chi connectivity index (χ0) is 11.7. The molecule has 2 atom stereocenters. The van der Waals surface area contributed by atoms with Crippen LogP contribution in [-0.4, -0.2) is 41.8 Å². The molecule has 2 bridgehead atoms. The molecule has 0 saturated carbocycles. The fraction of sp³-hybridized carbons (Fsp3) is 0.667. The lowest BCUT2D eigenvalue weighted by Crippen LogP contribution is -2.43. The third-order valence-electron chi connectivity index (χ3n) is 3.38. The zero-order valence-electron chi connectivity index (χ0n) is 10.1. The number of hydrogen-bond donors (Lipinski definition) is 1. The van der Waals surface area contributed by atoms with Gasteiger partial charge in [-0.15, -0.1) is 0 Å². The number of morpholine rings is 1. The van der Waals surface area contributed by atoms with Crippen LogP contribution in [0.3, 0.4) is 0 Å². The average Bonchev–Trinajstić information content (AvgIpc) is 2.69. The van der Waals surface area contributed by atoms with E-state index in [0.717, 1.165) is 31.3 Å². The molecule has 0 aliphatic carbocycles. The molecule has 2 fully saturated rings. The van der Waals surface area contributed by atoms with E-state index in [4.69, 9.17) is 4.74 Å². The lowest BCUT2D eigenvalue weighted by Gasteiger charge is -2.32. The Bertz CT molecular complexity index is 386. The van der Waals surface area contributed by atoms with Crippen LogP contribution < -0.4 is 10.2 Å². The molecular formula is C12H18N4O. The van der Waals surface area contributed by atoms with Gasteiger partial charge in [-0.05, 0) is 19.8 Å². The number of fused-ring (bicyclic) bond motifs is 2. The van der Waals surface area contributed by atoms with Crippen LogP contribution in [0.5, 0.6) is 0 Å². The van der Waals surface area contributed by atoms with Crippen molar-refractivity contribution < 1.29 is 4.74 Å². The third-order valence-corrected chi connectivity index (χ3v) is 3.38. The number of aromatic nitrogens is 2. The van der Waals surface area contributed by atoms with Gasteiger partial charge in [-0.2, -0.15) is 0 Å². The molecule has 5 heteroatoms. The lowest BCUT2D eigenvalue weighted by molar-refractivity contribution is 0.0302. The Morgan fingerprint density at radius 2 is 2.12 bits per heavy atom. The molecular weight excluding hydrogens is 216 g/mol. The summed E-state index contributed by atoms with van der Waals surface area (Å²) in [4.78, 5) is 10.9. The van der Waals surface area contributed by atoms with Crippen molar-refractivity contribution in [3.63, 3.8) is 0 Å². The molecule has 2 saturated heterocycles. The second-order valence-corrected chi connectivity index (χ2v) is 4.65. The molecule has 1 aromatic heterocycles. The van der Waals surface area contributed by atoms with Gasteiger partial charge in [0.05, 0.1) is 12.2 Å². The molecule has 2 aliphatic rings. The van der Waals surface area contributed by atoms with Crippen molar-refractivity contribution in [3.05, 3.63) is 12.4 Å².